The number of halogens is 2. The highest BCUT2D eigenvalue weighted by atomic mass is 35.5. The molecule has 0 spiro atoms. The van der Waals surface area contributed by atoms with Crippen LogP contribution in [0.25, 0.3) is 5.52 Å². The highest BCUT2D eigenvalue weighted by Gasteiger charge is 2.36. The topological polar surface area (TPSA) is 104 Å². The molecular formula is C25H29ClFN5O3. The van der Waals surface area contributed by atoms with Crippen molar-refractivity contribution in [2.24, 2.45) is 5.92 Å². The molecule has 2 aliphatic heterocycles. The number of benzene rings is 1. The molecule has 0 bridgehead atoms. The van der Waals surface area contributed by atoms with Crippen molar-refractivity contribution in [2.45, 2.75) is 51.6 Å². The molecule has 1 fully saturated rings. The number of rotatable bonds is 5. The number of hydrogen-bond donors (Lipinski definition) is 2. The third kappa shape index (κ3) is 4.43. The van der Waals surface area contributed by atoms with E-state index >= 15 is 4.39 Å². The fourth-order valence-corrected chi connectivity index (χ4v) is 5.41. The average Bonchev–Trinajstić information content (AvgIpc) is 3.18. The number of nitrogens with zero attached hydrogens (tertiary/aromatic N) is 3. The Hall–Kier alpha value is -2.91. The molecule has 0 radical (unpaired) electrons. The fraction of sp³-hybridized carbons (Fsp3) is 0.480. The van der Waals surface area contributed by atoms with Crippen LogP contribution in [0.15, 0.2) is 18.5 Å². The lowest BCUT2D eigenvalue weighted by molar-refractivity contribution is 0.0635. The Labute approximate surface area is 208 Å². The molecule has 8 nitrogen and oxygen atoms in total. The van der Waals surface area contributed by atoms with Crippen molar-refractivity contribution in [3.05, 3.63) is 51.9 Å². The van der Waals surface area contributed by atoms with E-state index in [0.717, 1.165) is 49.5 Å². The van der Waals surface area contributed by atoms with Gasteiger partial charge in [-0.3, -0.25) is 9.20 Å². The number of ether oxygens (including phenoxy) is 2. The molecule has 3 aromatic rings. The fourth-order valence-electron chi connectivity index (χ4n) is 5.20. The normalized spacial score (nSPS) is 20.5. The maximum absolute atomic E-state index is 15.3. The number of hydrogen-bond acceptors (Lipinski definition) is 6. The second-order valence-corrected chi connectivity index (χ2v) is 9.78. The summed E-state index contributed by atoms with van der Waals surface area (Å²) in [6, 6.07) is 1.54. The summed E-state index contributed by atoms with van der Waals surface area (Å²) in [5.74, 6) is 0.224. The van der Waals surface area contributed by atoms with Crippen LogP contribution in [-0.4, -0.2) is 46.1 Å². The van der Waals surface area contributed by atoms with Crippen LogP contribution in [0.3, 0.4) is 0 Å². The quantitative estimate of drug-likeness (QED) is 0.541. The minimum absolute atomic E-state index is 0.125. The summed E-state index contributed by atoms with van der Waals surface area (Å²) in [6.45, 7) is 5.69. The van der Waals surface area contributed by atoms with Crippen LogP contribution >= 0.6 is 11.6 Å². The highest BCUT2D eigenvalue weighted by molar-refractivity contribution is 6.31. The SMILES string of the molecule is Cc1nc([C@H]2CC(C)Oc3c2cc(Cl)c(F)c3C(=O)NCCC2CCOCC2)n2ccnc(N)c12. The zero-order valence-electron chi connectivity index (χ0n) is 19.8. The first-order chi connectivity index (χ1) is 16.8. The molecule has 0 saturated carbocycles. The molecular weight excluding hydrogens is 473 g/mol. The van der Waals surface area contributed by atoms with Gasteiger partial charge in [-0.15, -0.1) is 0 Å². The predicted molar refractivity (Wildman–Crippen MR) is 131 cm³/mol. The number of nitrogens with two attached hydrogens (primary N) is 1. The molecule has 2 atom stereocenters. The number of nitrogens with one attached hydrogen (secondary N) is 1. The van der Waals surface area contributed by atoms with Crippen LogP contribution in [0.1, 0.15) is 66.0 Å². The van der Waals surface area contributed by atoms with Crippen molar-refractivity contribution in [3.63, 3.8) is 0 Å². The molecule has 186 valence electrons. The highest BCUT2D eigenvalue weighted by Crippen LogP contribution is 2.45. The van der Waals surface area contributed by atoms with Crippen LogP contribution < -0.4 is 15.8 Å². The van der Waals surface area contributed by atoms with E-state index in [1.165, 1.54) is 0 Å². The zero-order valence-corrected chi connectivity index (χ0v) is 20.6. The van der Waals surface area contributed by atoms with Crippen LogP contribution in [-0.2, 0) is 4.74 Å². The van der Waals surface area contributed by atoms with Gasteiger partial charge in [0.25, 0.3) is 5.91 Å². The standard InChI is InChI=1S/C25H29ClFN5O3/c1-13-11-17(24-31-14(2)21-23(28)29-7-8-32(21)24)16-12-18(26)20(27)19(22(16)35-13)25(33)30-6-3-15-4-9-34-10-5-15/h7-8,12-13,15,17H,3-6,9-11H2,1-2H3,(H2,28,29)(H,30,33)/t13?,17-/m0/s1. The molecule has 1 amide bonds. The van der Waals surface area contributed by atoms with Gasteiger partial charge in [0, 0.05) is 43.6 Å². The molecule has 3 N–H and O–H groups in total. The lowest BCUT2D eigenvalue weighted by Gasteiger charge is -2.31. The van der Waals surface area contributed by atoms with Crippen LogP contribution in [0.4, 0.5) is 10.2 Å². The van der Waals surface area contributed by atoms with Crippen molar-refractivity contribution in [1.29, 1.82) is 0 Å². The van der Waals surface area contributed by atoms with Crippen LogP contribution in [0, 0.1) is 18.7 Å². The van der Waals surface area contributed by atoms with Gasteiger partial charge in [-0.2, -0.15) is 0 Å². The summed E-state index contributed by atoms with van der Waals surface area (Å²) in [5.41, 5.74) is 8.04. The van der Waals surface area contributed by atoms with E-state index < -0.39 is 11.7 Å². The molecule has 5 rings (SSSR count). The number of aromatic nitrogens is 3. The van der Waals surface area contributed by atoms with Gasteiger partial charge >= 0.3 is 0 Å². The number of carbonyl (C=O) groups excluding carboxylic acids is 1. The molecule has 4 heterocycles. The Morgan fingerprint density at radius 3 is 2.91 bits per heavy atom. The van der Waals surface area contributed by atoms with E-state index in [9.17, 15) is 4.79 Å². The first-order valence-electron chi connectivity index (χ1n) is 12.0. The Bertz CT molecular complexity index is 1270. The van der Waals surface area contributed by atoms with E-state index in [1.807, 2.05) is 18.2 Å². The van der Waals surface area contributed by atoms with Gasteiger partial charge in [0.2, 0.25) is 0 Å². The van der Waals surface area contributed by atoms with E-state index in [0.29, 0.717) is 30.3 Å². The van der Waals surface area contributed by atoms with Gasteiger partial charge in [-0.1, -0.05) is 11.6 Å². The molecule has 2 aliphatic rings. The minimum Gasteiger partial charge on any atom is -0.489 e. The van der Waals surface area contributed by atoms with Gasteiger partial charge in [0.05, 0.1) is 16.8 Å². The predicted octanol–water partition coefficient (Wildman–Crippen LogP) is 4.26. The van der Waals surface area contributed by atoms with E-state index in [4.69, 9.17) is 31.8 Å². The summed E-state index contributed by atoms with van der Waals surface area (Å²) in [6.07, 6.45) is 6.48. The first-order valence-corrected chi connectivity index (χ1v) is 12.4. The molecule has 1 aromatic carbocycles. The number of fused-ring (bicyclic) bond motifs is 2. The van der Waals surface area contributed by atoms with Gasteiger partial charge in [0.15, 0.2) is 5.82 Å². The van der Waals surface area contributed by atoms with Crippen molar-refractivity contribution in [3.8, 4) is 5.75 Å². The smallest absolute Gasteiger partial charge is 0.258 e. The third-order valence-corrected chi connectivity index (χ3v) is 7.24. The Morgan fingerprint density at radius 2 is 2.14 bits per heavy atom. The summed E-state index contributed by atoms with van der Waals surface area (Å²) >= 11 is 6.31. The lowest BCUT2D eigenvalue weighted by Crippen LogP contribution is -2.31. The van der Waals surface area contributed by atoms with E-state index in [1.54, 1.807) is 18.5 Å². The lowest BCUT2D eigenvalue weighted by atomic mass is 9.87. The van der Waals surface area contributed by atoms with Crippen LogP contribution in [0.2, 0.25) is 5.02 Å². The largest absolute Gasteiger partial charge is 0.489 e. The molecule has 10 heteroatoms. The average molecular weight is 502 g/mol. The Balaban J connectivity index is 1.50. The molecule has 1 saturated heterocycles. The summed E-state index contributed by atoms with van der Waals surface area (Å²) in [7, 11) is 0. The van der Waals surface area contributed by atoms with Gasteiger partial charge in [-0.25, -0.2) is 14.4 Å². The van der Waals surface area contributed by atoms with Gasteiger partial charge in [-0.05, 0) is 51.5 Å². The maximum atomic E-state index is 15.3. The van der Waals surface area contributed by atoms with Crippen molar-refractivity contribution < 1.29 is 18.7 Å². The van der Waals surface area contributed by atoms with E-state index in [2.05, 4.69) is 10.3 Å². The molecule has 35 heavy (non-hydrogen) atoms. The number of anilines is 1. The Morgan fingerprint density at radius 1 is 1.37 bits per heavy atom. The monoisotopic (exact) mass is 501 g/mol. The first kappa shape index (κ1) is 23.8. The number of carbonyl (C=O) groups is 1. The van der Waals surface area contributed by atoms with Crippen LogP contribution in [0.5, 0.6) is 5.75 Å². The summed E-state index contributed by atoms with van der Waals surface area (Å²) < 4.78 is 28.6. The summed E-state index contributed by atoms with van der Waals surface area (Å²) in [4.78, 5) is 22.1. The van der Waals surface area contributed by atoms with E-state index in [-0.39, 0.29) is 28.4 Å². The third-order valence-electron chi connectivity index (χ3n) is 6.97. The number of amides is 1. The van der Waals surface area contributed by atoms with Crippen molar-refractivity contribution >= 4 is 28.8 Å². The summed E-state index contributed by atoms with van der Waals surface area (Å²) in [5, 5.41) is 2.75. The zero-order chi connectivity index (χ0) is 24.7. The number of imidazole rings is 1. The molecule has 2 aromatic heterocycles. The maximum Gasteiger partial charge on any atom is 0.258 e. The van der Waals surface area contributed by atoms with Gasteiger partial charge in [0.1, 0.15) is 28.5 Å². The molecule has 1 unspecified atom stereocenters. The minimum atomic E-state index is -0.778. The van der Waals surface area contributed by atoms with Crippen molar-refractivity contribution in [2.75, 3.05) is 25.5 Å². The van der Waals surface area contributed by atoms with Gasteiger partial charge < -0.3 is 20.5 Å². The molecule has 0 aliphatic carbocycles. The number of aryl methyl sites for hydroxylation is 1. The second-order valence-electron chi connectivity index (χ2n) is 9.37. The second kappa shape index (κ2) is 9.62. The Kier molecular flexibility index (Phi) is 6.55. The number of nitrogen functional groups attached to an aromatic ring is 1. The van der Waals surface area contributed by atoms with Crippen molar-refractivity contribution in [1.82, 2.24) is 19.7 Å².